The normalized spacial score (nSPS) is 23.0. The molecule has 2 aromatic rings. The van der Waals surface area contributed by atoms with E-state index < -0.39 is 0 Å². The summed E-state index contributed by atoms with van der Waals surface area (Å²) in [6, 6.07) is 9.65. The smallest absolute Gasteiger partial charge is 0.213 e. The molecule has 0 atom stereocenters. The van der Waals surface area contributed by atoms with Gasteiger partial charge in [-0.3, -0.25) is 4.99 Å². The molecule has 0 amide bonds. The molecule has 1 aliphatic carbocycles. The molecule has 0 bridgehead atoms. The average molecular weight is 445 g/mol. The summed E-state index contributed by atoms with van der Waals surface area (Å²) in [6.07, 6.45) is 5.74. The van der Waals surface area contributed by atoms with Crippen LogP contribution in [0.5, 0.6) is 5.88 Å². The fourth-order valence-corrected chi connectivity index (χ4v) is 4.55. The number of rotatable bonds is 4. The maximum absolute atomic E-state index is 6.24. The summed E-state index contributed by atoms with van der Waals surface area (Å²) in [4.78, 5) is 11.0. The highest BCUT2D eigenvalue weighted by Gasteiger charge is 2.30. The van der Waals surface area contributed by atoms with E-state index in [2.05, 4.69) is 32.8 Å². The van der Waals surface area contributed by atoms with Crippen molar-refractivity contribution < 1.29 is 4.74 Å². The van der Waals surface area contributed by atoms with Gasteiger partial charge in [-0.1, -0.05) is 29.8 Å². The van der Waals surface area contributed by atoms with E-state index in [1.807, 2.05) is 25.2 Å². The third-order valence-corrected chi connectivity index (χ3v) is 6.28. The van der Waals surface area contributed by atoms with Crippen LogP contribution in [0.3, 0.4) is 0 Å². The van der Waals surface area contributed by atoms with E-state index in [9.17, 15) is 0 Å². The number of nitrogens with one attached hydrogen (secondary N) is 1. The minimum Gasteiger partial charge on any atom is -0.474 e. The van der Waals surface area contributed by atoms with Crippen LogP contribution in [-0.2, 0) is 6.54 Å². The molecule has 0 radical (unpaired) electrons. The highest BCUT2D eigenvalue weighted by molar-refractivity contribution is 6.31. The van der Waals surface area contributed by atoms with Gasteiger partial charge in [0.1, 0.15) is 11.9 Å². The Morgan fingerprint density at radius 1 is 1.13 bits per heavy atom. The molecule has 2 heterocycles. The number of aromatic nitrogens is 1. The quantitative estimate of drug-likeness (QED) is 0.678. The van der Waals surface area contributed by atoms with Crippen LogP contribution in [0.25, 0.3) is 0 Å². The first-order valence-corrected chi connectivity index (χ1v) is 11.0. The van der Waals surface area contributed by atoms with E-state index in [4.69, 9.17) is 27.9 Å². The molecule has 0 saturated heterocycles. The number of ether oxygens (including phenoxy) is 1. The monoisotopic (exact) mass is 444 g/mol. The van der Waals surface area contributed by atoms with Gasteiger partial charge in [0.05, 0.1) is 17.3 Å². The standard InChI is InChI=1S/C23H26Cl2N4O/c1-15(16-3-7-20(8-4-16)30-23-10-6-19(25)13-28-23)29-21-9-5-18(24)11-17(21)12-27-14-22(29)26-2/h5-6,9-11,13,16,20,27H,1,3-4,7-8,12,14H2,2H3. The molecule has 1 aromatic heterocycles. The molecular formula is C23H26Cl2N4O. The molecule has 1 aliphatic heterocycles. The Labute approximate surface area is 187 Å². The van der Waals surface area contributed by atoms with Gasteiger partial charge >= 0.3 is 0 Å². The Balaban J connectivity index is 1.47. The topological polar surface area (TPSA) is 49.8 Å². The third-order valence-electron chi connectivity index (χ3n) is 5.82. The van der Waals surface area contributed by atoms with Gasteiger partial charge in [0.25, 0.3) is 0 Å². The van der Waals surface area contributed by atoms with E-state index in [0.29, 0.717) is 23.4 Å². The first-order valence-electron chi connectivity index (χ1n) is 10.3. The molecule has 0 unspecified atom stereocenters. The molecular weight excluding hydrogens is 419 g/mol. The van der Waals surface area contributed by atoms with Gasteiger partial charge in [-0.25, -0.2) is 4.98 Å². The highest BCUT2D eigenvalue weighted by Crippen LogP contribution is 2.37. The molecule has 158 valence electrons. The summed E-state index contributed by atoms with van der Waals surface area (Å²) < 4.78 is 6.05. The van der Waals surface area contributed by atoms with Gasteiger partial charge in [-0.2, -0.15) is 0 Å². The molecule has 1 aromatic carbocycles. The summed E-state index contributed by atoms with van der Waals surface area (Å²) in [5, 5.41) is 4.81. The largest absolute Gasteiger partial charge is 0.474 e. The molecule has 1 fully saturated rings. The fraction of sp³-hybridized carbons (Fsp3) is 0.391. The molecule has 30 heavy (non-hydrogen) atoms. The van der Waals surface area contributed by atoms with Crippen LogP contribution in [0.4, 0.5) is 5.69 Å². The number of pyridine rings is 1. The van der Waals surface area contributed by atoms with Gasteiger partial charge in [0.15, 0.2) is 0 Å². The summed E-state index contributed by atoms with van der Waals surface area (Å²) in [7, 11) is 1.84. The predicted molar refractivity (Wildman–Crippen MR) is 124 cm³/mol. The second-order valence-electron chi connectivity index (χ2n) is 7.75. The summed E-state index contributed by atoms with van der Waals surface area (Å²) in [5.74, 6) is 1.98. The highest BCUT2D eigenvalue weighted by atomic mass is 35.5. The van der Waals surface area contributed by atoms with Crippen molar-refractivity contribution in [2.75, 3.05) is 18.5 Å². The first kappa shape index (κ1) is 21.2. The van der Waals surface area contributed by atoms with Crippen molar-refractivity contribution in [3.8, 4) is 5.88 Å². The van der Waals surface area contributed by atoms with Crippen molar-refractivity contribution >= 4 is 34.7 Å². The average Bonchev–Trinajstić information content (AvgIpc) is 2.94. The molecule has 5 nitrogen and oxygen atoms in total. The maximum Gasteiger partial charge on any atom is 0.213 e. The van der Waals surface area contributed by atoms with Gasteiger partial charge in [0.2, 0.25) is 5.88 Å². The number of hydrogen-bond donors (Lipinski definition) is 1. The zero-order valence-electron chi connectivity index (χ0n) is 17.1. The lowest BCUT2D eigenvalue weighted by molar-refractivity contribution is 0.133. The van der Waals surface area contributed by atoms with E-state index in [1.165, 1.54) is 0 Å². The molecule has 7 heteroatoms. The molecule has 2 aliphatic rings. The van der Waals surface area contributed by atoms with Crippen molar-refractivity contribution in [3.05, 3.63) is 64.4 Å². The van der Waals surface area contributed by atoms with Crippen LogP contribution in [0, 0.1) is 5.92 Å². The number of aliphatic imine (C=N–C) groups is 1. The molecule has 1 N–H and O–H groups in total. The number of fused-ring (bicyclic) bond motifs is 1. The zero-order chi connectivity index (χ0) is 21.1. The van der Waals surface area contributed by atoms with Crippen LogP contribution in [-0.4, -0.2) is 30.5 Å². The Bertz CT molecular complexity index is 937. The number of amidine groups is 1. The number of nitrogens with zero attached hydrogens (tertiary/aromatic N) is 3. The SMILES string of the molecule is C=C(C1CCC(Oc2ccc(Cl)cn2)CC1)N1C(=NC)CNCc2cc(Cl)ccc21. The molecule has 1 saturated carbocycles. The lowest BCUT2D eigenvalue weighted by Crippen LogP contribution is -2.38. The minimum atomic E-state index is 0.166. The second-order valence-corrected chi connectivity index (χ2v) is 8.62. The fourth-order valence-electron chi connectivity index (χ4n) is 4.24. The summed E-state index contributed by atoms with van der Waals surface area (Å²) in [5.41, 5.74) is 3.36. The number of benzene rings is 1. The Morgan fingerprint density at radius 3 is 2.60 bits per heavy atom. The van der Waals surface area contributed by atoms with Crippen molar-refractivity contribution in [3.63, 3.8) is 0 Å². The predicted octanol–water partition coefficient (Wildman–Crippen LogP) is 5.48. The van der Waals surface area contributed by atoms with Gasteiger partial charge in [0, 0.05) is 36.6 Å². The van der Waals surface area contributed by atoms with Crippen LogP contribution in [0.15, 0.2) is 53.8 Å². The van der Waals surface area contributed by atoms with Crippen molar-refractivity contribution in [2.24, 2.45) is 10.9 Å². The van der Waals surface area contributed by atoms with E-state index in [1.54, 1.807) is 12.3 Å². The van der Waals surface area contributed by atoms with Crippen LogP contribution >= 0.6 is 23.2 Å². The van der Waals surface area contributed by atoms with Gasteiger partial charge in [-0.15, -0.1) is 0 Å². The third kappa shape index (κ3) is 4.64. The van der Waals surface area contributed by atoms with E-state index >= 15 is 0 Å². The van der Waals surface area contributed by atoms with Crippen LogP contribution in [0.2, 0.25) is 10.0 Å². The first-order chi connectivity index (χ1) is 14.5. The Morgan fingerprint density at radius 2 is 1.90 bits per heavy atom. The van der Waals surface area contributed by atoms with Crippen LogP contribution < -0.4 is 15.0 Å². The van der Waals surface area contributed by atoms with Crippen LogP contribution in [0.1, 0.15) is 31.2 Å². The van der Waals surface area contributed by atoms with Crippen molar-refractivity contribution in [2.45, 2.75) is 38.3 Å². The Hall–Kier alpha value is -2.08. The van der Waals surface area contributed by atoms with E-state index in [-0.39, 0.29) is 6.10 Å². The number of allylic oxidation sites excluding steroid dienone is 1. The lowest BCUT2D eigenvalue weighted by atomic mass is 9.84. The number of hydrogen-bond acceptors (Lipinski definition) is 4. The summed E-state index contributed by atoms with van der Waals surface area (Å²) >= 11 is 12.2. The van der Waals surface area contributed by atoms with Gasteiger partial charge < -0.3 is 15.0 Å². The number of halogens is 2. The Kier molecular flexibility index (Phi) is 6.61. The second kappa shape index (κ2) is 9.38. The molecule has 4 rings (SSSR count). The van der Waals surface area contributed by atoms with Gasteiger partial charge in [-0.05, 0) is 61.4 Å². The maximum atomic E-state index is 6.24. The van der Waals surface area contributed by atoms with E-state index in [0.717, 1.165) is 60.0 Å². The zero-order valence-corrected chi connectivity index (χ0v) is 18.6. The van der Waals surface area contributed by atoms with Crippen molar-refractivity contribution in [1.82, 2.24) is 10.3 Å². The van der Waals surface area contributed by atoms with Crippen molar-refractivity contribution in [1.29, 1.82) is 0 Å². The molecule has 0 spiro atoms. The lowest BCUT2D eigenvalue weighted by Gasteiger charge is -2.36. The summed E-state index contributed by atoms with van der Waals surface area (Å²) in [6.45, 7) is 5.95. The number of anilines is 1. The minimum absolute atomic E-state index is 0.166.